The second-order valence-corrected chi connectivity index (χ2v) is 11.0. The van der Waals surface area contributed by atoms with Gasteiger partial charge in [-0.15, -0.1) is 0 Å². The van der Waals surface area contributed by atoms with Crippen LogP contribution in [-0.4, -0.2) is 47.7 Å². The van der Waals surface area contributed by atoms with Gasteiger partial charge in [0.25, 0.3) is 0 Å². The van der Waals surface area contributed by atoms with E-state index in [1.807, 2.05) is 4.90 Å². The Hall–Kier alpha value is -1.68. The predicted molar refractivity (Wildman–Crippen MR) is 127 cm³/mol. The lowest BCUT2D eigenvalue weighted by molar-refractivity contribution is -0.135. The van der Waals surface area contributed by atoms with E-state index in [1.54, 1.807) is 6.92 Å². The maximum atomic E-state index is 12.9. The average molecular weight is 427 g/mol. The number of hydrogen-bond acceptors (Lipinski definition) is 3. The summed E-state index contributed by atoms with van der Waals surface area (Å²) in [7, 11) is 0. The first kappa shape index (κ1) is 24.0. The fraction of sp³-hybridized carbons (Fsp3) is 0.704. The van der Waals surface area contributed by atoms with E-state index < -0.39 is 0 Å². The molecule has 0 aromatic heterocycles. The average Bonchev–Trinajstić information content (AvgIpc) is 2.73. The van der Waals surface area contributed by atoms with Gasteiger partial charge in [0.1, 0.15) is 5.78 Å². The molecule has 1 aliphatic carbocycles. The highest BCUT2D eigenvalue weighted by atomic mass is 16.2. The van der Waals surface area contributed by atoms with E-state index in [9.17, 15) is 9.59 Å². The molecular weight excluding hydrogens is 384 g/mol. The number of benzene rings is 1. The fourth-order valence-electron chi connectivity index (χ4n) is 5.51. The Morgan fingerprint density at radius 3 is 2.39 bits per heavy atom. The van der Waals surface area contributed by atoms with Gasteiger partial charge in [0, 0.05) is 19.4 Å². The third kappa shape index (κ3) is 5.77. The highest BCUT2D eigenvalue weighted by Gasteiger charge is 2.43. The van der Waals surface area contributed by atoms with E-state index >= 15 is 0 Å². The molecular formula is C27H42N2O2. The Balaban J connectivity index is 1.75. The van der Waals surface area contributed by atoms with Crippen LogP contribution in [0.3, 0.4) is 0 Å². The van der Waals surface area contributed by atoms with Crippen molar-refractivity contribution in [1.29, 1.82) is 0 Å². The van der Waals surface area contributed by atoms with Gasteiger partial charge in [-0.05, 0) is 87.5 Å². The van der Waals surface area contributed by atoms with E-state index in [2.05, 4.69) is 56.9 Å². The van der Waals surface area contributed by atoms with Gasteiger partial charge >= 0.3 is 0 Å². The summed E-state index contributed by atoms with van der Waals surface area (Å²) >= 11 is 0. The predicted octanol–water partition coefficient (Wildman–Crippen LogP) is 5.51. The molecule has 1 spiro atoms. The Bertz CT molecular complexity index is 772. The molecule has 1 fully saturated rings. The molecule has 1 aliphatic heterocycles. The summed E-state index contributed by atoms with van der Waals surface area (Å²) in [5.41, 5.74) is 3.46. The van der Waals surface area contributed by atoms with Crippen LogP contribution in [-0.2, 0) is 15.0 Å². The first-order chi connectivity index (χ1) is 14.6. The molecule has 0 unspecified atom stereocenters. The molecule has 172 valence electrons. The largest absolute Gasteiger partial charge is 0.336 e. The SMILES string of the molecule is CCN(C(=O)CCC(C)=O)[C@H]1CCC2(CCN(CCC(C)(C)C)CC2)c2ccccc21. The zero-order chi connectivity index (χ0) is 22.6. The van der Waals surface area contributed by atoms with Gasteiger partial charge in [-0.1, -0.05) is 45.0 Å². The van der Waals surface area contributed by atoms with Crippen molar-refractivity contribution in [1.82, 2.24) is 9.80 Å². The fourth-order valence-corrected chi connectivity index (χ4v) is 5.51. The number of fused-ring (bicyclic) bond motifs is 2. The molecule has 4 nitrogen and oxygen atoms in total. The van der Waals surface area contributed by atoms with E-state index in [0.29, 0.717) is 24.8 Å². The Morgan fingerprint density at radius 1 is 1.10 bits per heavy atom. The van der Waals surface area contributed by atoms with E-state index in [0.717, 1.165) is 12.8 Å². The maximum absolute atomic E-state index is 12.9. The van der Waals surface area contributed by atoms with Crippen LogP contribution in [0.5, 0.6) is 0 Å². The minimum atomic E-state index is 0.0885. The van der Waals surface area contributed by atoms with Crippen LogP contribution in [0.1, 0.15) is 96.7 Å². The number of carbonyl (C=O) groups excluding carboxylic acids is 2. The van der Waals surface area contributed by atoms with Crippen molar-refractivity contribution in [3.8, 4) is 0 Å². The van der Waals surface area contributed by atoms with Crippen LogP contribution in [0.15, 0.2) is 24.3 Å². The molecule has 0 radical (unpaired) electrons. The Labute approximate surface area is 189 Å². The quantitative estimate of drug-likeness (QED) is 0.577. The van der Waals surface area contributed by atoms with Crippen molar-refractivity contribution >= 4 is 11.7 Å². The molecule has 4 heteroatoms. The summed E-state index contributed by atoms with van der Waals surface area (Å²) in [6.07, 6.45) is 6.52. The van der Waals surface area contributed by atoms with Crippen LogP contribution in [0.25, 0.3) is 0 Å². The summed E-state index contributed by atoms with van der Waals surface area (Å²) in [5, 5.41) is 0. The van der Waals surface area contributed by atoms with Gasteiger partial charge in [-0.3, -0.25) is 4.79 Å². The number of nitrogens with zero attached hydrogens (tertiary/aromatic N) is 2. The van der Waals surface area contributed by atoms with Gasteiger partial charge in [-0.25, -0.2) is 0 Å². The Kier molecular flexibility index (Phi) is 7.62. The minimum absolute atomic E-state index is 0.0885. The number of ketones is 1. The smallest absolute Gasteiger partial charge is 0.223 e. The summed E-state index contributed by atoms with van der Waals surface area (Å²) in [4.78, 5) is 29.0. The van der Waals surface area contributed by atoms with Crippen LogP contribution < -0.4 is 0 Å². The second-order valence-electron chi connectivity index (χ2n) is 11.0. The van der Waals surface area contributed by atoms with Crippen molar-refractivity contribution in [2.75, 3.05) is 26.2 Å². The third-order valence-corrected chi connectivity index (χ3v) is 7.51. The third-order valence-electron chi connectivity index (χ3n) is 7.51. The molecule has 2 aliphatic rings. The van der Waals surface area contributed by atoms with Gasteiger partial charge in [-0.2, -0.15) is 0 Å². The van der Waals surface area contributed by atoms with Crippen molar-refractivity contribution in [3.05, 3.63) is 35.4 Å². The van der Waals surface area contributed by atoms with Crippen molar-refractivity contribution < 1.29 is 9.59 Å². The monoisotopic (exact) mass is 426 g/mol. The molecule has 0 bridgehead atoms. The molecule has 1 aromatic carbocycles. The van der Waals surface area contributed by atoms with Crippen LogP contribution in [0.2, 0.25) is 0 Å². The molecule has 1 aromatic rings. The first-order valence-electron chi connectivity index (χ1n) is 12.3. The Morgan fingerprint density at radius 2 is 1.77 bits per heavy atom. The number of likely N-dealkylation sites (tertiary alicyclic amines) is 1. The number of amides is 1. The van der Waals surface area contributed by atoms with Gasteiger partial charge in [0.15, 0.2) is 0 Å². The maximum Gasteiger partial charge on any atom is 0.223 e. The summed E-state index contributed by atoms with van der Waals surface area (Å²) in [6, 6.07) is 9.00. The van der Waals surface area contributed by atoms with Gasteiger partial charge < -0.3 is 14.6 Å². The van der Waals surface area contributed by atoms with Crippen LogP contribution >= 0.6 is 0 Å². The minimum Gasteiger partial charge on any atom is -0.336 e. The topological polar surface area (TPSA) is 40.6 Å². The lowest BCUT2D eigenvalue weighted by Crippen LogP contribution is -2.47. The highest BCUT2D eigenvalue weighted by Crippen LogP contribution is 2.49. The van der Waals surface area contributed by atoms with Gasteiger partial charge in [0.05, 0.1) is 6.04 Å². The molecule has 0 N–H and O–H groups in total. The molecule has 1 saturated heterocycles. The van der Waals surface area contributed by atoms with E-state index in [1.165, 1.54) is 50.0 Å². The van der Waals surface area contributed by atoms with Gasteiger partial charge in [0.2, 0.25) is 5.91 Å². The zero-order valence-electron chi connectivity index (χ0n) is 20.4. The number of rotatable bonds is 7. The lowest BCUT2D eigenvalue weighted by atomic mass is 9.63. The normalized spacial score (nSPS) is 21.0. The molecule has 1 amide bonds. The summed E-state index contributed by atoms with van der Waals surface area (Å²) in [6.45, 7) is 14.8. The molecule has 1 atom stereocenters. The molecule has 31 heavy (non-hydrogen) atoms. The molecule has 0 saturated carbocycles. The molecule has 1 heterocycles. The summed E-state index contributed by atoms with van der Waals surface area (Å²) < 4.78 is 0. The van der Waals surface area contributed by atoms with Crippen molar-refractivity contribution in [2.24, 2.45) is 5.41 Å². The summed E-state index contributed by atoms with van der Waals surface area (Å²) in [5.74, 6) is 0.205. The number of carbonyl (C=O) groups is 2. The highest BCUT2D eigenvalue weighted by molar-refractivity contribution is 5.83. The number of Topliss-reactive ketones (excluding diaryl/α,β-unsaturated/α-hetero) is 1. The second kappa shape index (κ2) is 9.85. The van der Waals surface area contributed by atoms with E-state index in [-0.39, 0.29) is 23.1 Å². The number of piperidine rings is 1. The van der Waals surface area contributed by atoms with Crippen LogP contribution in [0.4, 0.5) is 0 Å². The van der Waals surface area contributed by atoms with Crippen LogP contribution in [0, 0.1) is 5.41 Å². The number of hydrogen-bond donors (Lipinski definition) is 0. The van der Waals surface area contributed by atoms with Crippen molar-refractivity contribution in [3.63, 3.8) is 0 Å². The lowest BCUT2D eigenvalue weighted by Gasteiger charge is -2.49. The first-order valence-corrected chi connectivity index (χ1v) is 12.3. The van der Waals surface area contributed by atoms with Crippen molar-refractivity contribution in [2.45, 2.75) is 91.0 Å². The van der Waals surface area contributed by atoms with E-state index in [4.69, 9.17) is 0 Å². The molecule has 3 rings (SSSR count). The zero-order valence-corrected chi connectivity index (χ0v) is 20.4. The standard InChI is InChI=1S/C27H42N2O2/c1-6-29(25(31)12-11-21(2)30)24-13-14-27(23-10-8-7-9-22(23)24)16-19-28(20-17-27)18-15-26(3,4)5/h7-10,24H,6,11-20H2,1-5H3/t24-/m0/s1.